The summed E-state index contributed by atoms with van der Waals surface area (Å²) in [6, 6.07) is 0. The first-order valence-electron chi connectivity index (χ1n) is 16.7. The summed E-state index contributed by atoms with van der Waals surface area (Å²) < 4.78 is 5.78. The fourth-order valence-electron chi connectivity index (χ4n) is 6.48. The van der Waals surface area contributed by atoms with E-state index in [9.17, 15) is 0 Å². The van der Waals surface area contributed by atoms with Gasteiger partial charge >= 0.3 is 0 Å². The molecular weight excluding hydrogens is 472 g/mol. The summed E-state index contributed by atoms with van der Waals surface area (Å²) >= 11 is 0. The van der Waals surface area contributed by atoms with Crippen molar-refractivity contribution in [3.63, 3.8) is 0 Å². The predicted molar refractivity (Wildman–Crippen MR) is 176 cm³/mol. The summed E-state index contributed by atoms with van der Waals surface area (Å²) in [7, 11) is 0. The van der Waals surface area contributed by atoms with Crippen LogP contribution in [-0.4, -0.2) is 12.2 Å². The van der Waals surface area contributed by atoms with E-state index in [1.54, 1.807) is 0 Å². The van der Waals surface area contributed by atoms with E-state index in [2.05, 4.69) is 125 Å². The monoisotopic (exact) mass is 549 g/mol. The van der Waals surface area contributed by atoms with Crippen LogP contribution in [0.4, 0.5) is 0 Å². The van der Waals surface area contributed by atoms with Gasteiger partial charge in [0.25, 0.3) is 0 Å². The van der Waals surface area contributed by atoms with Gasteiger partial charge in [-0.1, -0.05) is 104 Å². The standard InChI is InChI=1S/2C13H26.C12H24O/c1-12(2,3)8-10-7-11(10)9-13(4,5)6;1-12(2,3)8-7-10-9-11(10)13(4,5)6;1-11(2,3)10-7-9(10)8-13-12(4,5)6/h2*10-11H,7-9H2,1-6H3;9-10H,7-8H2,1-6H3. The molecule has 1 heteroatoms. The maximum absolute atomic E-state index is 5.78. The number of hydrogen-bond donors (Lipinski definition) is 0. The van der Waals surface area contributed by atoms with Crippen LogP contribution in [0.25, 0.3) is 0 Å². The van der Waals surface area contributed by atoms with Gasteiger partial charge in [0.2, 0.25) is 0 Å². The number of ether oxygens (including phenoxy) is 1. The van der Waals surface area contributed by atoms with Crippen LogP contribution >= 0.6 is 0 Å². The van der Waals surface area contributed by atoms with E-state index in [0.717, 1.165) is 42.1 Å². The lowest BCUT2D eigenvalue weighted by Crippen LogP contribution is -2.21. The topological polar surface area (TPSA) is 9.23 Å². The second-order valence-corrected chi connectivity index (χ2v) is 20.7. The lowest BCUT2D eigenvalue weighted by atomic mass is 9.85. The molecule has 0 N–H and O–H groups in total. The molecular formula is C38H76O. The van der Waals surface area contributed by atoms with Gasteiger partial charge in [-0.25, -0.2) is 0 Å². The van der Waals surface area contributed by atoms with Crippen LogP contribution in [0.1, 0.15) is 170 Å². The van der Waals surface area contributed by atoms with Gasteiger partial charge in [-0.2, -0.15) is 0 Å². The molecule has 3 saturated carbocycles. The highest BCUT2D eigenvalue weighted by atomic mass is 16.5. The van der Waals surface area contributed by atoms with Gasteiger partial charge in [0.05, 0.1) is 12.2 Å². The van der Waals surface area contributed by atoms with Crippen molar-refractivity contribution in [2.45, 2.75) is 175 Å². The molecule has 0 aromatic carbocycles. The Morgan fingerprint density at radius 3 is 1.13 bits per heavy atom. The first-order chi connectivity index (χ1) is 17.1. The zero-order valence-corrected chi connectivity index (χ0v) is 30.5. The first-order valence-corrected chi connectivity index (χ1v) is 16.7. The minimum absolute atomic E-state index is 0.0328. The molecule has 3 aliphatic carbocycles. The molecule has 3 rings (SSSR count). The summed E-state index contributed by atoms with van der Waals surface area (Å²) in [5.74, 6) is 5.83. The van der Waals surface area contributed by atoms with E-state index in [4.69, 9.17) is 4.74 Å². The molecule has 0 saturated heterocycles. The van der Waals surface area contributed by atoms with E-state index in [1.807, 2.05) is 0 Å². The number of hydrogen-bond acceptors (Lipinski definition) is 1. The Balaban J connectivity index is 0.000000292. The molecule has 0 heterocycles. The molecule has 0 aromatic heterocycles. The Morgan fingerprint density at radius 2 is 0.846 bits per heavy atom. The molecule has 0 aromatic rings. The third-order valence-electron chi connectivity index (χ3n) is 8.88. The van der Waals surface area contributed by atoms with E-state index in [0.29, 0.717) is 27.1 Å². The lowest BCUT2D eigenvalue weighted by molar-refractivity contribution is -0.0127. The SMILES string of the molecule is CC(C)(C)CC1CC1CC(C)(C)C.CC(C)(C)CCC1CC1C(C)(C)C.CC(C)(C)OCC1CC1C(C)(C)C. The Hall–Kier alpha value is -0.0400. The summed E-state index contributed by atoms with van der Waals surface area (Å²) in [6.45, 7) is 42.7. The van der Waals surface area contributed by atoms with Crippen molar-refractivity contribution < 1.29 is 4.74 Å². The van der Waals surface area contributed by atoms with Crippen molar-refractivity contribution in [1.82, 2.24) is 0 Å². The van der Waals surface area contributed by atoms with Crippen LogP contribution in [0, 0.1) is 62.6 Å². The first kappa shape index (κ1) is 37.0. The lowest BCUT2D eigenvalue weighted by Gasteiger charge is -2.22. The Labute approximate surface area is 248 Å². The van der Waals surface area contributed by atoms with Gasteiger partial charge < -0.3 is 4.74 Å². The van der Waals surface area contributed by atoms with E-state index in [-0.39, 0.29) is 5.60 Å². The number of rotatable bonds is 6. The van der Waals surface area contributed by atoms with Crippen LogP contribution in [0.2, 0.25) is 0 Å². The van der Waals surface area contributed by atoms with Crippen molar-refractivity contribution in [3.8, 4) is 0 Å². The van der Waals surface area contributed by atoms with Gasteiger partial charge in [-0.3, -0.25) is 0 Å². The Bertz CT molecular complexity index is 641. The molecule has 1 nitrogen and oxygen atoms in total. The molecule has 0 spiro atoms. The third-order valence-corrected chi connectivity index (χ3v) is 8.88. The molecule has 234 valence electrons. The van der Waals surface area contributed by atoms with Gasteiger partial charge in [0.15, 0.2) is 0 Å². The summed E-state index contributed by atoms with van der Waals surface area (Å²) in [6.07, 6.45) is 10.0. The largest absolute Gasteiger partial charge is 0.376 e. The van der Waals surface area contributed by atoms with E-state index < -0.39 is 0 Å². The van der Waals surface area contributed by atoms with Crippen molar-refractivity contribution in [1.29, 1.82) is 0 Å². The van der Waals surface area contributed by atoms with Crippen LogP contribution in [0.3, 0.4) is 0 Å². The zero-order valence-electron chi connectivity index (χ0n) is 30.5. The van der Waals surface area contributed by atoms with Gasteiger partial charge in [0, 0.05) is 0 Å². The summed E-state index contributed by atoms with van der Waals surface area (Å²) in [4.78, 5) is 0. The fraction of sp³-hybridized carbons (Fsp3) is 1.00. The normalized spacial score (nSPS) is 29.1. The summed E-state index contributed by atoms with van der Waals surface area (Å²) in [5.41, 5.74) is 2.68. The molecule has 0 amide bonds. The highest BCUT2D eigenvalue weighted by Gasteiger charge is 2.46. The second kappa shape index (κ2) is 13.1. The van der Waals surface area contributed by atoms with Crippen LogP contribution in [0.15, 0.2) is 0 Å². The average molecular weight is 549 g/mol. The highest BCUT2D eigenvalue weighted by Crippen LogP contribution is 2.54. The van der Waals surface area contributed by atoms with Crippen molar-refractivity contribution >= 4 is 0 Å². The van der Waals surface area contributed by atoms with Gasteiger partial charge in [-0.15, -0.1) is 0 Å². The average Bonchev–Trinajstić information content (AvgIpc) is 3.49. The maximum Gasteiger partial charge on any atom is 0.0598 e. The zero-order chi connectivity index (χ0) is 30.8. The van der Waals surface area contributed by atoms with Crippen molar-refractivity contribution in [2.75, 3.05) is 6.61 Å². The Kier molecular flexibility index (Phi) is 12.4. The van der Waals surface area contributed by atoms with Crippen molar-refractivity contribution in [2.24, 2.45) is 62.6 Å². The highest BCUT2D eigenvalue weighted by molar-refractivity contribution is 4.95. The van der Waals surface area contributed by atoms with Crippen LogP contribution < -0.4 is 0 Å². The molecule has 0 bridgehead atoms. The van der Waals surface area contributed by atoms with Gasteiger partial charge in [-0.05, 0) is 128 Å². The minimum Gasteiger partial charge on any atom is -0.376 e. The molecule has 0 radical (unpaired) electrons. The molecule has 6 atom stereocenters. The van der Waals surface area contributed by atoms with Crippen LogP contribution in [0.5, 0.6) is 0 Å². The molecule has 3 fully saturated rings. The predicted octanol–water partition coefficient (Wildman–Crippen LogP) is 12.5. The van der Waals surface area contributed by atoms with Crippen molar-refractivity contribution in [3.05, 3.63) is 0 Å². The Morgan fingerprint density at radius 1 is 0.462 bits per heavy atom. The van der Waals surface area contributed by atoms with E-state index in [1.165, 1.54) is 44.9 Å². The minimum atomic E-state index is 0.0328. The molecule has 3 aliphatic rings. The summed E-state index contributed by atoms with van der Waals surface area (Å²) in [5, 5.41) is 0. The second-order valence-electron chi connectivity index (χ2n) is 20.7. The van der Waals surface area contributed by atoms with Crippen LogP contribution in [-0.2, 0) is 4.74 Å². The smallest absolute Gasteiger partial charge is 0.0598 e. The van der Waals surface area contributed by atoms with Gasteiger partial charge in [0.1, 0.15) is 0 Å². The third kappa shape index (κ3) is 18.2. The molecule has 39 heavy (non-hydrogen) atoms. The molecule has 6 unspecified atom stereocenters. The fourth-order valence-corrected chi connectivity index (χ4v) is 6.48. The quantitative estimate of drug-likeness (QED) is 0.321. The molecule has 0 aliphatic heterocycles. The maximum atomic E-state index is 5.78. The van der Waals surface area contributed by atoms with E-state index >= 15 is 0 Å².